The lowest BCUT2D eigenvalue weighted by Crippen LogP contribution is -2.50. The average Bonchev–Trinajstić information content (AvgIpc) is 2.41. The Morgan fingerprint density at radius 3 is 2.72 bits per heavy atom. The van der Waals surface area contributed by atoms with Gasteiger partial charge in [-0.15, -0.1) is 0 Å². The molecule has 0 radical (unpaired) electrons. The first-order valence-corrected chi connectivity index (χ1v) is 6.50. The molecule has 1 saturated heterocycles. The smallest absolute Gasteiger partial charge is 0.320 e. The number of nitrogens with one attached hydrogen (secondary N) is 1. The van der Waals surface area contributed by atoms with Crippen LogP contribution < -0.4 is 5.32 Å². The Hall–Kier alpha value is -1.26. The number of amides is 2. The summed E-state index contributed by atoms with van der Waals surface area (Å²) in [6.07, 6.45) is 0. The second-order valence-corrected chi connectivity index (χ2v) is 4.87. The molecule has 2 rings (SSSR count). The number of hydrogen-bond donors (Lipinski definition) is 1. The second kappa shape index (κ2) is 6.07. The van der Waals surface area contributed by atoms with Crippen molar-refractivity contribution in [3.63, 3.8) is 0 Å². The third-order valence-corrected chi connectivity index (χ3v) is 3.45. The van der Waals surface area contributed by atoms with E-state index in [1.54, 1.807) is 4.90 Å². The molecule has 0 bridgehead atoms. The number of urea groups is 1. The lowest BCUT2D eigenvalue weighted by atomic mass is 10.2. The SMILES string of the molecule is CN(Cc1ccccc1Cl)C(=O)N1CCNCC1. The number of halogens is 1. The highest BCUT2D eigenvalue weighted by atomic mass is 35.5. The minimum Gasteiger partial charge on any atom is -0.323 e. The summed E-state index contributed by atoms with van der Waals surface area (Å²) in [5, 5.41) is 3.94. The van der Waals surface area contributed by atoms with Crippen LogP contribution >= 0.6 is 11.6 Å². The van der Waals surface area contributed by atoms with Gasteiger partial charge in [-0.2, -0.15) is 0 Å². The molecule has 2 amide bonds. The number of piperazine rings is 1. The number of benzene rings is 1. The van der Waals surface area contributed by atoms with Crippen LogP contribution in [0.2, 0.25) is 5.02 Å². The number of nitrogens with zero attached hydrogens (tertiary/aromatic N) is 2. The molecule has 18 heavy (non-hydrogen) atoms. The van der Waals surface area contributed by atoms with Gasteiger partial charge in [0.05, 0.1) is 0 Å². The standard InChI is InChI=1S/C13H18ClN3O/c1-16(10-11-4-2-3-5-12(11)14)13(18)17-8-6-15-7-9-17/h2-5,15H,6-10H2,1H3. The van der Waals surface area contributed by atoms with E-state index in [2.05, 4.69) is 5.32 Å². The minimum atomic E-state index is 0.0661. The largest absolute Gasteiger partial charge is 0.323 e. The van der Waals surface area contributed by atoms with Gasteiger partial charge in [-0.05, 0) is 11.6 Å². The zero-order chi connectivity index (χ0) is 13.0. The first-order valence-electron chi connectivity index (χ1n) is 6.12. The zero-order valence-electron chi connectivity index (χ0n) is 10.5. The highest BCUT2D eigenvalue weighted by Crippen LogP contribution is 2.17. The van der Waals surface area contributed by atoms with Crippen LogP contribution in [0.15, 0.2) is 24.3 Å². The molecule has 1 heterocycles. The van der Waals surface area contributed by atoms with Crippen LogP contribution in [-0.2, 0) is 6.54 Å². The summed E-state index contributed by atoms with van der Waals surface area (Å²) < 4.78 is 0. The maximum Gasteiger partial charge on any atom is 0.320 e. The van der Waals surface area contributed by atoms with Crippen molar-refractivity contribution in [3.05, 3.63) is 34.9 Å². The normalized spacial score (nSPS) is 15.6. The molecule has 98 valence electrons. The van der Waals surface area contributed by atoms with Crippen molar-refractivity contribution in [3.8, 4) is 0 Å². The molecule has 4 nitrogen and oxygen atoms in total. The predicted molar refractivity (Wildman–Crippen MR) is 72.8 cm³/mol. The average molecular weight is 268 g/mol. The van der Waals surface area contributed by atoms with E-state index in [4.69, 9.17) is 11.6 Å². The fraction of sp³-hybridized carbons (Fsp3) is 0.462. The van der Waals surface area contributed by atoms with Crippen LogP contribution in [0.25, 0.3) is 0 Å². The van der Waals surface area contributed by atoms with Gasteiger partial charge in [-0.3, -0.25) is 0 Å². The Morgan fingerprint density at radius 1 is 1.39 bits per heavy atom. The Morgan fingerprint density at radius 2 is 2.06 bits per heavy atom. The van der Waals surface area contributed by atoms with Crippen molar-refractivity contribution in [1.82, 2.24) is 15.1 Å². The maximum absolute atomic E-state index is 12.2. The summed E-state index contributed by atoms with van der Waals surface area (Å²) in [6.45, 7) is 3.82. The molecule has 0 saturated carbocycles. The first-order chi connectivity index (χ1) is 8.68. The highest BCUT2D eigenvalue weighted by Gasteiger charge is 2.20. The molecule has 1 aliphatic heterocycles. The van der Waals surface area contributed by atoms with Crippen LogP contribution in [-0.4, -0.2) is 49.1 Å². The van der Waals surface area contributed by atoms with Gasteiger partial charge in [0, 0.05) is 44.8 Å². The molecule has 5 heteroatoms. The second-order valence-electron chi connectivity index (χ2n) is 4.47. The van der Waals surface area contributed by atoms with E-state index in [-0.39, 0.29) is 6.03 Å². The summed E-state index contributed by atoms with van der Waals surface area (Å²) in [5.41, 5.74) is 0.977. The van der Waals surface area contributed by atoms with Crippen molar-refractivity contribution >= 4 is 17.6 Å². The maximum atomic E-state index is 12.2. The molecular formula is C13H18ClN3O. The molecule has 0 unspecified atom stereocenters. The highest BCUT2D eigenvalue weighted by molar-refractivity contribution is 6.31. The van der Waals surface area contributed by atoms with Gasteiger partial charge < -0.3 is 15.1 Å². The minimum absolute atomic E-state index is 0.0661. The van der Waals surface area contributed by atoms with Crippen LogP contribution in [0, 0.1) is 0 Å². The van der Waals surface area contributed by atoms with E-state index in [0.717, 1.165) is 31.7 Å². The third-order valence-electron chi connectivity index (χ3n) is 3.08. The fourth-order valence-electron chi connectivity index (χ4n) is 2.05. The van der Waals surface area contributed by atoms with E-state index in [9.17, 15) is 4.79 Å². The van der Waals surface area contributed by atoms with Gasteiger partial charge in [0.2, 0.25) is 0 Å². The fourth-order valence-corrected chi connectivity index (χ4v) is 2.24. The summed E-state index contributed by atoms with van der Waals surface area (Å²) in [5.74, 6) is 0. The molecule has 1 aromatic rings. The van der Waals surface area contributed by atoms with Gasteiger partial charge in [0.25, 0.3) is 0 Å². The first kappa shape index (κ1) is 13.2. The van der Waals surface area contributed by atoms with Crippen LogP contribution in [0.5, 0.6) is 0 Å². The summed E-state index contributed by atoms with van der Waals surface area (Å²) in [6, 6.07) is 7.69. The van der Waals surface area contributed by atoms with Gasteiger partial charge in [-0.1, -0.05) is 29.8 Å². The number of rotatable bonds is 2. The molecule has 0 atom stereocenters. The molecule has 0 aliphatic carbocycles. The lowest BCUT2D eigenvalue weighted by molar-refractivity contribution is 0.154. The van der Waals surface area contributed by atoms with Crippen LogP contribution in [0.4, 0.5) is 4.79 Å². The molecule has 1 aliphatic rings. The molecule has 1 aromatic carbocycles. The van der Waals surface area contributed by atoms with Crippen molar-refractivity contribution < 1.29 is 4.79 Å². The van der Waals surface area contributed by atoms with Gasteiger partial charge in [-0.25, -0.2) is 4.79 Å². The topological polar surface area (TPSA) is 35.6 Å². The summed E-state index contributed by atoms with van der Waals surface area (Å²) >= 11 is 6.10. The summed E-state index contributed by atoms with van der Waals surface area (Å²) in [4.78, 5) is 15.8. The quantitative estimate of drug-likeness (QED) is 0.887. The number of hydrogen-bond acceptors (Lipinski definition) is 2. The van der Waals surface area contributed by atoms with Crippen molar-refractivity contribution in [2.75, 3.05) is 33.2 Å². The van der Waals surface area contributed by atoms with Gasteiger partial charge >= 0.3 is 6.03 Å². The van der Waals surface area contributed by atoms with E-state index >= 15 is 0 Å². The van der Waals surface area contributed by atoms with Gasteiger partial charge in [0.1, 0.15) is 0 Å². The Labute approximate surface area is 113 Å². The molecule has 0 spiro atoms. The molecule has 1 N–H and O–H groups in total. The van der Waals surface area contributed by atoms with Crippen molar-refractivity contribution in [1.29, 1.82) is 0 Å². The lowest BCUT2D eigenvalue weighted by Gasteiger charge is -2.31. The molecule has 0 aromatic heterocycles. The monoisotopic (exact) mass is 267 g/mol. The van der Waals surface area contributed by atoms with Crippen LogP contribution in [0.3, 0.4) is 0 Å². The zero-order valence-corrected chi connectivity index (χ0v) is 11.3. The Balaban J connectivity index is 1.96. The summed E-state index contributed by atoms with van der Waals surface area (Å²) in [7, 11) is 1.81. The van der Waals surface area contributed by atoms with E-state index in [0.29, 0.717) is 11.6 Å². The van der Waals surface area contributed by atoms with Crippen molar-refractivity contribution in [2.24, 2.45) is 0 Å². The number of carbonyl (C=O) groups excluding carboxylic acids is 1. The Kier molecular flexibility index (Phi) is 4.44. The Bertz CT molecular complexity index is 418. The molecule has 1 fully saturated rings. The number of carbonyl (C=O) groups is 1. The van der Waals surface area contributed by atoms with E-state index in [1.165, 1.54) is 0 Å². The van der Waals surface area contributed by atoms with Crippen LogP contribution in [0.1, 0.15) is 5.56 Å². The molecular weight excluding hydrogens is 250 g/mol. The third kappa shape index (κ3) is 3.15. The van der Waals surface area contributed by atoms with Crippen molar-refractivity contribution in [2.45, 2.75) is 6.54 Å². The predicted octanol–water partition coefficient (Wildman–Crippen LogP) is 1.80. The van der Waals surface area contributed by atoms with E-state index in [1.807, 2.05) is 36.2 Å². The van der Waals surface area contributed by atoms with E-state index < -0.39 is 0 Å². The van der Waals surface area contributed by atoms with Gasteiger partial charge in [0.15, 0.2) is 0 Å².